The zero-order chi connectivity index (χ0) is 5.82. The summed E-state index contributed by atoms with van der Waals surface area (Å²) in [4.78, 5) is 0. The van der Waals surface area contributed by atoms with Crippen molar-refractivity contribution >= 4 is 19.2 Å². The molecule has 0 nitrogen and oxygen atoms in total. The molecule has 1 heterocycles. The average molecular weight is 124 g/mol. The van der Waals surface area contributed by atoms with Crippen molar-refractivity contribution in [1.82, 2.24) is 0 Å². The van der Waals surface area contributed by atoms with Crippen LogP contribution in [-0.2, 0) is 6.42 Å². The molecule has 0 saturated carbocycles. The first-order valence-electron chi connectivity index (χ1n) is 2.94. The van der Waals surface area contributed by atoms with Crippen LogP contribution in [0.3, 0.4) is 0 Å². The van der Waals surface area contributed by atoms with Crippen molar-refractivity contribution in [3.63, 3.8) is 0 Å². The summed E-state index contributed by atoms with van der Waals surface area (Å²) in [6.07, 6.45) is 2.50. The summed E-state index contributed by atoms with van der Waals surface area (Å²) in [6, 6.07) is 2.19. The lowest BCUT2D eigenvalue weighted by Gasteiger charge is -1.85. The molecule has 0 aliphatic heterocycles. The molecule has 1 aromatic rings. The largest absolute Gasteiger partial charge is 0.152 e. The number of aryl methyl sites for hydroxylation is 1. The van der Waals surface area contributed by atoms with Crippen molar-refractivity contribution in [2.24, 2.45) is 0 Å². The zero-order valence-corrected chi connectivity index (χ0v) is 5.87. The maximum atomic E-state index is 2.21. The molecule has 8 heavy (non-hydrogen) atoms. The van der Waals surface area contributed by atoms with Gasteiger partial charge in [-0.1, -0.05) is 6.32 Å². The van der Waals surface area contributed by atoms with Gasteiger partial charge in [0, 0.05) is 0 Å². The Kier molecular flexibility index (Phi) is 2.16. The third-order valence-corrected chi connectivity index (χ3v) is 1.85. The summed E-state index contributed by atoms with van der Waals surface area (Å²) < 4.78 is 0. The summed E-state index contributed by atoms with van der Waals surface area (Å²) >= 11 is 1.78. The van der Waals surface area contributed by atoms with E-state index in [4.69, 9.17) is 0 Å². The van der Waals surface area contributed by atoms with E-state index >= 15 is 0 Å². The highest BCUT2D eigenvalue weighted by atomic mass is 32.1. The van der Waals surface area contributed by atoms with Gasteiger partial charge in [0.05, 0.1) is 0 Å². The van der Waals surface area contributed by atoms with E-state index < -0.39 is 0 Å². The molecule has 0 atom stereocenters. The number of rotatable bonds is 2. The molecule has 0 unspecified atom stereocenters. The molecule has 42 valence electrons. The second-order valence-corrected chi connectivity index (χ2v) is 2.66. The van der Waals surface area contributed by atoms with Gasteiger partial charge >= 0.3 is 0 Å². The normalized spacial score (nSPS) is 9.50. The molecule has 0 amide bonds. The van der Waals surface area contributed by atoms with Gasteiger partial charge in [-0.2, -0.15) is 11.3 Å². The fourth-order valence-corrected chi connectivity index (χ4v) is 1.43. The van der Waals surface area contributed by atoms with E-state index in [-0.39, 0.29) is 0 Å². The number of hydrogen-bond donors (Lipinski definition) is 0. The van der Waals surface area contributed by atoms with Crippen molar-refractivity contribution in [1.29, 1.82) is 0 Å². The van der Waals surface area contributed by atoms with Crippen LogP contribution in [0.5, 0.6) is 0 Å². The van der Waals surface area contributed by atoms with Gasteiger partial charge in [-0.15, -0.1) is 0 Å². The first kappa shape index (κ1) is 5.89. The van der Waals surface area contributed by atoms with E-state index in [2.05, 4.69) is 24.7 Å². The van der Waals surface area contributed by atoms with E-state index in [9.17, 15) is 0 Å². The van der Waals surface area contributed by atoms with Crippen LogP contribution in [-0.4, -0.2) is 7.85 Å². The highest BCUT2D eigenvalue weighted by Crippen LogP contribution is 2.06. The molecule has 1 aromatic heterocycles. The van der Waals surface area contributed by atoms with E-state index in [0.29, 0.717) is 0 Å². The van der Waals surface area contributed by atoms with Gasteiger partial charge in [0.25, 0.3) is 0 Å². The second-order valence-electron chi connectivity index (χ2n) is 1.88. The first-order valence-corrected chi connectivity index (χ1v) is 3.89. The summed E-state index contributed by atoms with van der Waals surface area (Å²) in [5.41, 5.74) is 1.48. The summed E-state index contributed by atoms with van der Waals surface area (Å²) in [5, 5.41) is 4.34. The molecule has 0 fully saturated rings. The first-order chi connectivity index (χ1) is 3.93. The van der Waals surface area contributed by atoms with Crippen LogP contribution in [0.4, 0.5) is 0 Å². The zero-order valence-electron chi connectivity index (χ0n) is 5.05. The molecule has 0 bridgehead atoms. The monoisotopic (exact) mass is 124 g/mol. The Morgan fingerprint density at radius 3 is 3.00 bits per heavy atom. The topological polar surface area (TPSA) is 0 Å². The quantitative estimate of drug-likeness (QED) is 0.522. The van der Waals surface area contributed by atoms with E-state index in [0.717, 1.165) is 0 Å². The maximum absolute atomic E-state index is 2.21. The highest BCUT2D eigenvalue weighted by Gasteiger charge is 1.86. The maximum Gasteiger partial charge on any atom is 0.101 e. The van der Waals surface area contributed by atoms with Crippen molar-refractivity contribution in [3.05, 3.63) is 22.4 Å². The number of hydrogen-bond acceptors (Lipinski definition) is 1. The summed E-state index contributed by atoms with van der Waals surface area (Å²) in [6.45, 7) is 0. The predicted octanol–water partition coefficient (Wildman–Crippen LogP) is 1.34. The van der Waals surface area contributed by atoms with Crippen molar-refractivity contribution in [2.75, 3.05) is 0 Å². The Morgan fingerprint density at radius 2 is 2.50 bits per heavy atom. The van der Waals surface area contributed by atoms with Gasteiger partial charge in [0.15, 0.2) is 0 Å². The second kappa shape index (κ2) is 2.93. The molecule has 0 spiro atoms. The molecule has 0 saturated heterocycles. The van der Waals surface area contributed by atoms with E-state index in [1.54, 1.807) is 11.3 Å². The molecule has 2 heteroatoms. The minimum Gasteiger partial charge on any atom is -0.152 e. The summed E-state index contributed by atoms with van der Waals surface area (Å²) in [7, 11) is 2.21. The minimum absolute atomic E-state index is 1.24. The van der Waals surface area contributed by atoms with E-state index in [1.165, 1.54) is 18.3 Å². The molecule has 0 aromatic carbocycles. The Bertz CT molecular complexity index is 134. The Balaban J connectivity index is 2.50. The SMILES string of the molecule is BCCc1ccsc1. The van der Waals surface area contributed by atoms with Gasteiger partial charge in [0.2, 0.25) is 0 Å². The minimum atomic E-state index is 1.24. The van der Waals surface area contributed by atoms with Crippen LogP contribution in [0, 0.1) is 0 Å². The smallest absolute Gasteiger partial charge is 0.101 e. The molecule has 0 aliphatic carbocycles. The van der Waals surface area contributed by atoms with Gasteiger partial charge < -0.3 is 0 Å². The van der Waals surface area contributed by atoms with Crippen LogP contribution in [0.15, 0.2) is 16.8 Å². The van der Waals surface area contributed by atoms with Gasteiger partial charge in [-0.3, -0.25) is 0 Å². The van der Waals surface area contributed by atoms with Crippen molar-refractivity contribution in [3.8, 4) is 0 Å². The Labute approximate surface area is 55.0 Å². The van der Waals surface area contributed by atoms with Gasteiger partial charge in [0.1, 0.15) is 7.85 Å². The Morgan fingerprint density at radius 1 is 1.62 bits per heavy atom. The van der Waals surface area contributed by atoms with Crippen LogP contribution >= 0.6 is 11.3 Å². The lowest BCUT2D eigenvalue weighted by Crippen LogP contribution is -1.76. The third kappa shape index (κ3) is 1.37. The molecule has 0 radical (unpaired) electrons. The highest BCUT2D eigenvalue weighted by molar-refractivity contribution is 7.07. The molecular formula is C6H9BS. The molecular weight excluding hydrogens is 115 g/mol. The van der Waals surface area contributed by atoms with Crippen molar-refractivity contribution < 1.29 is 0 Å². The fraction of sp³-hybridized carbons (Fsp3) is 0.333. The number of thiophene rings is 1. The average Bonchev–Trinajstić information content (AvgIpc) is 2.19. The van der Waals surface area contributed by atoms with Crippen LogP contribution < -0.4 is 0 Å². The molecule has 1 rings (SSSR count). The van der Waals surface area contributed by atoms with E-state index in [1.807, 2.05) is 0 Å². The van der Waals surface area contributed by atoms with Gasteiger partial charge in [-0.05, 0) is 28.8 Å². The predicted molar refractivity (Wildman–Crippen MR) is 41.4 cm³/mol. The third-order valence-electron chi connectivity index (χ3n) is 1.12. The van der Waals surface area contributed by atoms with Crippen LogP contribution in [0.25, 0.3) is 0 Å². The standard InChI is InChI=1S/C6H9BS/c7-3-1-6-2-4-8-5-6/h2,4-5H,1,3,7H2. The fourth-order valence-electron chi connectivity index (χ4n) is 0.724. The molecule has 0 N–H and O–H groups in total. The summed E-state index contributed by atoms with van der Waals surface area (Å²) in [5.74, 6) is 0. The van der Waals surface area contributed by atoms with Crippen LogP contribution in [0.2, 0.25) is 6.32 Å². The lowest BCUT2D eigenvalue weighted by atomic mass is 9.99. The lowest BCUT2D eigenvalue weighted by molar-refractivity contribution is 1.15. The Hall–Kier alpha value is -0.235. The van der Waals surface area contributed by atoms with Crippen molar-refractivity contribution in [2.45, 2.75) is 12.7 Å². The molecule has 0 aliphatic rings. The van der Waals surface area contributed by atoms with Crippen LogP contribution in [0.1, 0.15) is 5.56 Å². The van der Waals surface area contributed by atoms with Gasteiger partial charge in [-0.25, -0.2) is 0 Å².